The summed E-state index contributed by atoms with van der Waals surface area (Å²) >= 11 is 6.14. The molecule has 0 atom stereocenters. The predicted molar refractivity (Wildman–Crippen MR) is 143 cm³/mol. The fourth-order valence-electron chi connectivity index (χ4n) is 4.09. The minimum Gasteiger partial charge on any atom is -0.336 e. The van der Waals surface area contributed by atoms with Crippen LogP contribution < -0.4 is 15.0 Å². The summed E-state index contributed by atoms with van der Waals surface area (Å²) in [6.07, 6.45) is -3.82. The molecule has 1 amide bonds. The van der Waals surface area contributed by atoms with E-state index in [1.165, 1.54) is 48.7 Å². The molecule has 0 radical (unpaired) electrons. The number of hydrogen-bond acceptors (Lipinski definition) is 6. The van der Waals surface area contributed by atoms with E-state index >= 15 is 0 Å². The number of H-pyrrole nitrogens is 1. The summed E-state index contributed by atoms with van der Waals surface area (Å²) in [5.41, 5.74) is -1.44. The van der Waals surface area contributed by atoms with Gasteiger partial charge in [0.05, 0.1) is 17.6 Å². The molecule has 10 nitrogen and oxygen atoms in total. The summed E-state index contributed by atoms with van der Waals surface area (Å²) < 4.78 is 94.1. The number of rotatable bonds is 8. The number of benzene rings is 2. The van der Waals surface area contributed by atoms with Crippen LogP contribution in [-0.4, -0.2) is 44.7 Å². The zero-order valence-electron chi connectivity index (χ0n) is 20.4. The highest BCUT2D eigenvalue weighted by Gasteiger charge is 2.32. The summed E-state index contributed by atoms with van der Waals surface area (Å²) in [5.74, 6) is -1.32. The van der Waals surface area contributed by atoms with Crippen LogP contribution in [0.25, 0.3) is 22.0 Å². The van der Waals surface area contributed by atoms with Gasteiger partial charge in [-0.15, -0.1) is 0 Å². The maximum Gasteiger partial charge on any atom is 0.390 e. The van der Waals surface area contributed by atoms with Crippen LogP contribution in [0.4, 0.5) is 18.9 Å². The minimum absolute atomic E-state index is 0.105. The van der Waals surface area contributed by atoms with Gasteiger partial charge in [-0.3, -0.25) is 14.3 Å². The molecule has 40 heavy (non-hydrogen) atoms. The van der Waals surface area contributed by atoms with Crippen LogP contribution in [0, 0.1) is 0 Å². The van der Waals surface area contributed by atoms with Gasteiger partial charge in [0.2, 0.25) is 10.0 Å². The number of pyridine rings is 1. The van der Waals surface area contributed by atoms with Crippen LogP contribution >= 0.6 is 11.6 Å². The van der Waals surface area contributed by atoms with Crippen LogP contribution in [0.15, 0.2) is 70.5 Å². The molecule has 0 spiro atoms. The molecule has 0 fully saturated rings. The highest BCUT2D eigenvalue weighted by Crippen LogP contribution is 2.36. The number of hydrogen-bond donors (Lipinski definition) is 3. The first-order chi connectivity index (χ1) is 18.6. The number of halogens is 4. The number of anilines is 1. The molecule has 4 rings (SSSR count). The topological polar surface area (TPSA) is 147 Å². The van der Waals surface area contributed by atoms with Crippen LogP contribution in [0.2, 0.25) is 5.02 Å². The van der Waals surface area contributed by atoms with Crippen molar-refractivity contribution in [1.29, 1.82) is 0 Å². The second-order valence-electron chi connectivity index (χ2n) is 8.65. The van der Waals surface area contributed by atoms with E-state index in [2.05, 4.69) is 9.71 Å². The molecule has 2 aromatic carbocycles. The summed E-state index contributed by atoms with van der Waals surface area (Å²) in [7, 11) is -8.44. The second-order valence-corrected chi connectivity index (χ2v) is 12.5. The van der Waals surface area contributed by atoms with Crippen molar-refractivity contribution in [3.8, 4) is 11.1 Å². The first-order valence-corrected chi connectivity index (χ1v) is 15.0. The Hall–Kier alpha value is -3.82. The van der Waals surface area contributed by atoms with Gasteiger partial charge < -0.3 is 9.55 Å². The number of aromatic nitrogens is 2. The van der Waals surface area contributed by atoms with Gasteiger partial charge in [0.25, 0.3) is 21.5 Å². The number of carbonyl (C=O) groups is 1. The number of carbonyl (C=O) groups excluding carboxylic acids is 1. The Balaban J connectivity index is 1.90. The Bertz CT molecular complexity index is 1900. The minimum atomic E-state index is -4.68. The van der Waals surface area contributed by atoms with Crippen molar-refractivity contribution in [2.75, 3.05) is 11.0 Å². The Kier molecular flexibility index (Phi) is 7.75. The van der Waals surface area contributed by atoms with Crippen molar-refractivity contribution >= 4 is 54.1 Å². The molecule has 0 aliphatic rings. The van der Waals surface area contributed by atoms with Gasteiger partial charge in [-0.05, 0) is 48.5 Å². The van der Waals surface area contributed by atoms with Crippen LogP contribution in [-0.2, 0) is 26.6 Å². The molecule has 0 saturated carbocycles. The van der Waals surface area contributed by atoms with E-state index in [0.717, 1.165) is 23.0 Å². The fraction of sp³-hybridized carbons (Fsp3) is 0.167. The van der Waals surface area contributed by atoms with E-state index in [0.29, 0.717) is 0 Å². The lowest BCUT2D eigenvalue weighted by molar-refractivity contribution is -0.136. The monoisotopic (exact) mass is 616 g/mol. The zero-order chi connectivity index (χ0) is 29.5. The molecule has 0 aliphatic heterocycles. The second kappa shape index (κ2) is 10.6. The first kappa shape index (κ1) is 29.2. The van der Waals surface area contributed by atoms with E-state index in [4.69, 9.17) is 11.6 Å². The molecule has 3 N–H and O–H groups in total. The molecule has 4 aromatic rings. The molecule has 0 bridgehead atoms. The number of amides is 1. The fourth-order valence-corrected chi connectivity index (χ4v) is 5.82. The predicted octanol–water partition coefficient (Wildman–Crippen LogP) is 4.09. The molecule has 0 aliphatic carbocycles. The van der Waals surface area contributed by atoms with Crippen molar-refractivity contribution < 1.29 is 34.8 Å². The number of nitrogens with one attached hydrogen (secondary N) is 3. The normalized spacial score (nSPS) is 12.4. The summed E-state index contributed by atoms with van der Waals surface area (Å²) in [5, 5.41) is 0.303. The number of aromatic amines is 1. The van der Waals surface area contributed by atoms with Crippen LogP contribution in [0.5, 0.6) is 0 Å². The molecule has 0 unspecified atom stereocenters. The quantitative estimate of drug-likeness (QED) is 0.272. The van der Waals surface area contributed by atoms with Crippen molar-refractivity contribution in [3.63, 3.8) is 0 Å². The maximum absolute atomic E-state index is 13.6. The summed E-state index contributed by atoms with van der Waals surface area (Å²) in [6.45, 7) is -0.775. The van der Waals surface area contributed by atoms with Crippen molar-refractivity contribution in [3.05, 3.63) is 81.9 Å². The molecule has 212 valence electrons. The van der Waals surface area contributed by atoms with Gasteiger partial charge in [0.15, 0.2) is 0 Å². The molecule has 16 heteroatoms. The van der Waals surface area contributed by atoms with E-state index in [-0.39, 0.29) is 32.7 Å². The Labute approximate surface area is 230 Å². The number of nitrogens with zero attached hydrogens (tertiary/aromatic N) is 1. The summed E-state index contributed by atoms with van der Waals surface area (Å²) in [4.78, 5) is 28.2. The van der Waals surface area contributed by atoms with Gasteiger partial charge in [-0.2, -0.15) is 13.2 Å². The van der Waals surface area contributed by atoms with E-state index in [9.17, 15) is 39.6 Å². The van der Waals surface area contributed by atoms with Crippen molar-refractivity contribution in [2.24, 2.45) is 0 Å². The SMILES string of the molecule is CS(=O)(=O)Nc1cccc(S(=O)(=O)NC(=O)c2c(-c3ccc[nH]c3=O)c3cc(Cl)ccc3n2CCC(F)(F)F)c1. The van der Waals surface area contributed by atoms with E-state index in [1.807, 2.05) is 4.72 Å². The number of fused-ring (bicyclic) bond motifs is 1. The van der Waals surface area contributed by atoms with Gasteiger partial charge >= 0.3 is 6.18 Å². The van der Waals surface area contributed by atoms with Crippen LogP contribution in [0.1, 0.15) is 16.9 Å². The van der Waals surface area contributed by atoms with E-state index < -0.39 is 61.2 Å². The molecular weight excluding hydrogens is 597 g/mol. The van der Waals surface area contributed by atoms with Crippen molar-refractivity contribution in [1.82, 2.24) is 14.3 Å². The van der Waals surface area contributed by atoms with Gasteiger partial charge in [0, 0.05) is 45.5 Å². The third-order valence-electron chi connectivity index (χ3n) is 5.62. The smallest absolute Gasteiger partial charge is 0.336 e. The average molecular weight is 617 g/mol. The first-order valence-electron chi connectivity index (χ1n) is 11.3. The number of alkyl halides is 3. The van der Waals surface area contributed by atoms with Crippen molar-refractivity contribution in [2.45, 2.75) is 24.0 Å². The highest BCUT2D eigenvalue weighted by atomic mass is 35.5. The molecule has 0 saturated heterocycles. The van der Waals surface area contributed by atoms with Gasteiger partial charge in [-0.1, -0.05) is 17.7 Å². The third-order valence-corrected chi connectivity index (χ3v) is 7.79. The number of sulfonamides is 2. The third kappa shape index (κ3) is 6.48. The molecule has 2 heterocycles. The Morgan fingerprint density at radius 1 is 1.05 bits per heavy atom. The lowest BCUT2D eigenvalue weighted by atomic mass is 10.0. The standard InChI is InChI=1S/C24H20ClF3N4O6S2/c1-39(35,36)30-15-4-2-5-16(13-15)40(37,38)31-23(34)21-20(17-6-3-10-29-22(17)33)18-12-14(25)7-8-19(18)32(21)11-9-24(26,27)28/h2-8,10,12-13,30H,9,11H2,1H3,(H,29,33)(H,31,34). The average Bonchev–Trinajstić information content (AvgIpc) is 3.15. The molecule has 2 aromatic heterocycles. The van der Waals surface area contributed by atoms with E-state index in [1.54, 1.807) is 0 Å². The summed E-state index contributed by atoms with van der Waals surface area (Å²) in [6, 6.07) is 11.4. The number of aryl methyl sites for hydroxylation is 1. The highest BCUT2D eigenvalue weighted by molar-refractivity contribution is 7.92. The Morgan fingerprint density at radius 2 is 1.77 bits per heavy atom. The maximum atomic E-state index is 13.6. The lowest BCUT2D eigenvalue weighted by Gasteiger charge is -2.14. The van der Waals surface area contributed by atoms with Gasteiger partial charge in [0.1, 0.15) is 5.69 Å². The largest absolute Gasteiger partial charge is 0.390 e. The Morgan fingerprint density at radius 3 is 2.42 bits per heavy atom. The lowest BCUT2D eigenvalue weighted by Crippen LogP contribution is -2.33. The molecular formula is C24H20ClF3N4O6S2. The zero-order valence-corrected chi connectivity index (χ0v) is 22.8. The van der Waals surface area contributed by atoms with Crippen LogP contribution in [0.3, 0.4) is 0 Å². The van der Waals surface area contributed by atoms with Gasteiger partial charge in [-0.25, -0.2) is 21.6 Å².